The minimum Gasteiger partial charge on any atom is -0.507 e. The van der Waals surface area contributed by atoms with Gasteiger partial charge in [0.15, 0.2) is 0 Å². The molecule has 200 valence electrons. The van der Waals surface area contributed by atoms with Gasteiger partial charge in [0.2, 0.25) is 15.9 Å². The van der Waals surface area contributed by atoms with Crippen LogP contribution in [0, 0.1) is 0 Å². The molecule has 0 aliphatic heterocycles. The molecule has 0 saturated heterocycles. The first-order valence-corrected chi connectivity index (χ1v) is 13.6. The van der Waals surface area contributed by atoms with E-state index in [9.17, 15) is 23.1 Å². The van der Waals surface area contributed by atoms with Gasteiger partial charge in [0.25, 0.3) is 5.91 Å². The van der Waals surface area contributed by atoms with E-state index in [-0.39, 0.29) is 23.1 Å². The van der Waals surface area contributed by atoms with Crippen molar-refractivity contribution >= 4 is 44.5 Å². The number of benzene rings is 4. The number of nitrogens with zero attached hydrogens (tertiary/aromatic N) is 2. The van der Waals surface area contributed by atoms with Gasteiger partial charge in [-0.05, 0) is 53.1 Å². The predicted octanol–water partition coefficient (Wildman–Crippen LogP) is 3.89. The molecular formula is C29H28N4O5S. The van der Waals surface area contributed by atoms with Gasteiger partial charge in [-0.15, -0.1) is 0 Å². The average Bonchev–Trinajstić information content (AvgIpc) is 2.92. The minimum absolute atomic E-state index is 0.00136. The molecule has 3 N–H and O–H groups in total. The zero-order chi connectivity index (χ0) is 27.8. The Bertz CT molecular complexity index is 1600. The van der Waals surface area contributed by atoms with E-state index in [1.54, 1.807) is 12.1 Å². The molecular weight excluding hydrogens is 516 g/mol. The Morgan fingerprint density at radius 1 is 0.923 bits per heavy atom. The van der Waals surface area contributed by atoms with Crippen molar-refractivity contribution in [2.45, 2.75) is 18.2 Å². The third-order valence-corrected chi connectivity index (χ3v) is 7.82. The van der Waals surface area contributed by atoms with E-state index in [1.165, 1.54) is 37.4 Å². The second-order valence-electron chi connectivity index (χ2n) is 8.79. The van der Waals surface area contributed by atoms with Crippen LogP contribution < -0.4 is 10.7 Å². The van der Waals surface area contributed by atoms with Crippen LogP contribution in [0.3, 0.4) is 0 Å². The number of hydrogen-bond acceptors (Lipinski definition) is 6. The lowest BCUT2D eigenvalue weighted by molar-refractivity contribution is -0.121. The van der Waals surface area contributed by atoms with Crippen molar-refractivity contribution in [3.63, 3.8) is 0 Å². The van der Waals surface area contributed by atoms with Crippen LogP contribution >= 0.6 is 0 Å². The van der Waals surface area contributed by atoms with Gasteiger partial charge in [0, 0.05) is 24.7 Å². The van der Waals surface area contributed by atoms with Crippen molar-refractivity contribution in [3.8, 4) is 5.75 Å². The number of anilines is 1. The zero-order valence-electron chi connectivity index (χ0n) is 21.2. The summed E-state index contributed by atoms with van der Waals surface area (Å²) in [6.45, 7) is 0.946. The predicted molar refractivity (Wildman–Crippen MR) is 151 cm³/mol. The maximum Gasteiger partial charge on any atom is 0.255 e. The Hall–Kier alpha value is -4.54. The van der Waals surface area contributed by atoms with Crippen LogP contribution in [-0.2, 0) is 26.0 Å². The normalized spacial score (nSPS) is 11.6. The number of carbonyl (C=O) groups excluding carboxylic acids is 2. The number of phenols is 1. The summed E-state index contributed by atoms with van der Waals surface area (Å²) in [5.74, 6) is -0.914. The number of amides is 2. The Kier molecular flexibility index (Phi) is 8.70. The molecule has 39 heavy (non-hydrogen) atoms. The number of hydrazone groups is 1. The minimum atomic E-state index is -4.06. The molecule has 0 aliphatic carbocycles. The Balaban J connectivity index is 1.52. The lowest BCUT2D eigenvalue weighted by Gasteiger charge is -2.21. The van der Waals surface area contributed by atoms with E-state index in [4.69, 9.17) is 0 Å². The van der Waals surface area contributed by atoms with E-state index < -0.39 is 22.5 Å². The van der Waals surface area contributed by atoms with E-state index in [0.29, 0.717) is 17.7 Å². The Morgan fingerprint density at radius 3 is 2.33 bits per heavy atom. The number of phenolic OH excluding ortho intramolecular Hbond substituents is 1. The van der Waals surface area contributed by atoms with E-state index in [2.05, 4.69) is 15.8 Å². The molecule has 0 unspecified atom stereocenters. The van der Waals surface area contributed by atoms with Gasteiger partial charge < -0.3 is 10.4 Å². The van der Waals surface area contributed by atoms with Gasteiger partial charge >= 0.3 is 0 Å². The molecule has 0 saturated carbocycles. The molecule has 9 nitrogen and oxygen atoms in total. The summed E-state index contributed by atoms with van der Waals surface area (Å²) in [7, 11) is -4.06. The number of carbonyl (C=O) groups is 2. The van der Waals surface area contributed by atoms with Crippen LogP contribution in [0.15, 0.2) is 101 Å². The number of nitrogens with one attached hydrogen (secondary N) is 2. The summed E-state index contributed by atoms with van der Waals surface area (Å²) in [4.78, 5) is 24.1. The quantitative estimate of drug-likeness (QED) is 0.206. The molecule has 0 aliphatic rings. The first-order chi connectivity index (χ1) is 18.7. The lowest BCUT2D eigenvalue weighted by Crippen LogP contribution is -2.40. The first kappa shape index (κ1) is 27.5. The highest BCUT2D eigenvalue weighted by molar-refractivity contribution is 7.89. The van der Waals surface area contributed by atoms with Crippen LogP contribution in [0.5, 0.6) is 5.75 Å². The van der Waals surface area contributed by atoms with Crippen LogP contribution in [0.25, 0.3) is 10.8 Å². The van der Waals surface area contributed by atoms with Crippen molar-refractivity contribution in [3.05, 3.63) is 102 Å². The number of rotatable bonds is 10. The summed E-state index contributed by atoms with van der Waals surface area (Å²) in [5, 5.41) is 18.5. The van der Waals surface area contributed by atoms with Crippen molar-refractivity contribution < 1.29 is 23.1 Å². The van der Waals surface area contributed by atoms with Gasteiger partial charge in [-0.1, -0.05) is 60.7 Å². The highest BCUT2D eigenvalue weighted by atomic mass is 32.2. The zero-order valence-corrected chi connectivity index (χ0v) is 22.1. The molecule has 2 amide bonds. The second kappa shape index (κ2) is 12.3. The van der Waals surface area contributed by atoms with Crippen LogP contribution in [0.1, 0.15) is 18.1 Å². The van der Waals surface area contributed by atoms with Gasteiger partial charge in [0.1, 0.15) is 5.75 Å². The summed E-state index contributed by atoms with van der Waals surface area (Å²) in [6, 6.07) is 25.8. The smallest absolute Gasteiger partial charge is 0.255 e. The molecule has 4 aromatic rings. The standard InChI is InChI=1S/C29H28N4O5S/c1-21(34)31-24-12-14-25(15-13-24)39(37,38)33(18-17-22-7-3-2-4-8-22)20-29(36)32-30-19-27-26-10-6-5-9-23(26)11-16-28(27)35/h2-16,19,35H,17-18,20H2,1H3,(H,31,34)(H,32,36)/b30-19-. The molecule has 4 rings (SSSR count). The first-order valence-electron chi connectivity index (χ1n) is 12.2. The van der Waals surface area contributed by atoms with Crippen molar-refractivity contribution in [2.24, 2.45) is 5.10 Å². The second-order valence-corrected chi connectivity index (χ2v) is 10.7. The molecule has 4 aromatic carbocycles. The maximum atomic E-state index is 13.5. The van der Waals surface area contributed by atoms with E-state index >= 15 is 0 Å². The molecule has 0 spiro atoms. The molecule has 0 radical (unpaired) electrons. The van der Waals surface area contributed by atoms with Gasteiger partial charge in [0.05, 0.1) is 17.7 Å². The molecule has 0 heterocycles. The number of aromatic hydroxyl groups is 1. The monoisotopic (exact) mass is 544 g/mol. The van der Waals surface area contributed by atoms with E-state index in [0.717, 1.165) is 20.6 Å². The molecule has 0 atom stereocenters. The topological polar surface area (TPSA) is 128 Å². The fraction of sp³-hybridized carbons (Fsp3) is 0.138. The van der Waals surface area contributed by atoms with Crippen LogP contribution in [0.4, 0.5) is 5.69 Å². The van der Waals surface area contributed by atoms with Crippen molar-refractivity contribution in [2.75, 3.05) is 18.4 Å². The molecule has 0 bridgehead atoms. The summed E-state index contributed by atoms with van der Waals surface area (Å²) < 4.78 is 28.1. The molecule has 0 aromatic heterocycles. The maximum absolute atomic E-state index is 13.5. The molecule has 0 fully saturated rings. The Labute approximate surface area is 226 Å². The average molecular weight is 545 g/mol. The number of hydrogen-bond donors (Lipinski definition) is 3. The Morgan fingerprint density at radius 2 is 1.62 bits per heavy atom. The largest absolute Gasteiger partial charge is 0.507 e. The highest BCUT2D eigenvalue weighted by Gasteiger charge is 2.26. The van der Waals surface area contributed by atoms with Crippen molar-refractivity contribution in [1.82, 2.24) is 9.73 Å². The SMILES string of the molecule is CC(=O)Nc1ccc(S(=O)(=O)N(CCc2ccccc2)CC(=O)N/N=C\c2c(O)ccc3ccccc23)cc1. The van der Waals surface area contributed by atoms with Gasteiger partial charge in [-0.25, -0.2) is 13.8 Å². The fourth-order valence-corrected chi connectivity index (χ4v) is 5.43. The lowest BCUT2D eigenvalue weighted by atomic mass is 10.0. The van der Waals surface area contributed by atoms with Crippen LogP contribution in [0.2, 0.25) is 0 Å². The fourth-order valence-electron chi connectivity index (χ4n) is 4.03. The van der Waals surface area contributed by atoms with Gasteiger partial charge in [-0.3, -0.25) is 9.59 Å². The van der Waals surface area contributed by atoms with Crippen LogP contribution in [-0.4, -0.2) is 48.9 Å². The van der Waals surface area contributed by atoms with Gasteiger partial charge in [-0.2, -0.15) is 9.41 Å². The summed E-state index contributed by atoms with van der Waals surface area (Å²) >= 11 is 0. The van der Waals surface area contributed by atoms with E-state index in [1.807, 2.05) is 54.6 Å². The summed E-state index contributed by atoms with van der Waals surface area (Å²) in [5.41, 5.74) is 4.18. The highest BCUT2D eigenvalue weighted by Crippen LogP contribution is 2.25. The number of sulfonamides is 1. The third kappa shape index (κ3) is 7.07. The summed E-state index contributed by atoms with van der Waals surface area (Å²) in [6.07, 6.45) is 1.73. The number of fused-ring (bicyclic) bond motifs is 1. The van der Waals surface area contributed by atoms with Crippen molar-refractivity contribution in [1.29, 1.82) is 0 Å². The third-order valence-electron chi connectivity index (χ3n) is 5.96. The molecule has 10 heteroatoms.